The van der Waals surface area contributed by atoms with Gasteiger partial charge in [-0.1, -0.05) is 6.92 Å². The van der Waals surface area contributed by atoms with Crippen molar-refractivity contribution in [2.24, 2.45) is 0 Å². The van der Waals surface area contributed by atoms with Crippen LogP contribution in [0.15, 0.2) is 6.07 Å². The van der Waals surface area contributed by atoms with Crippen LogP contribution in [0.3, 0.4) is 0 Å². The number of aryl methyl sites for hydroxylation is 2. The summed E-state index contributed by atoms with van der Waals surface area (Å²) in [5.74, 6) is -1.97. The first-order chi connectivity index (χ1) is 8.93. The summed E-state index contributed by atoms with van der Waals surface area (Å²) in [6, 6.07) is 1.79. The molecule has 0 radical (unpaired) electrons. The zero-order valence-electron chi connectivity index (χ0n) is 10.8. The van der Waals surface area contributed by atoms with E-state index < -0.39 is 18.4 Å². The van der Waals surface area contributed by atoms with E-state index in [0.717, 1.165) is 16.9 Å². The molecule has 0 saturated carbocycles. The van der Waals surface area contributed by atoms with Crippen LogP contribution in [0.25, 0.3) is 0 Å². The van der Waals surface area contributed by atoms with E-state index in [0.29, 0.717) is 4.88 Å². The summed E-state index contributed by atoms with van der Waals surface area (Å²) in [4.78, 5) is 34.9. The molecular formula is C12H16N2O4S. The highest BCUT2D eigenvalue weighted by Gasteiger charge is 2.12. The number of carboxylic acid groups (broad SMARTS) is 1. The first-order valence-electron chi connectivity index (χ1n) is 5.80. The number of aliphatic carboxylic acids is 1. The Morgan fingerprint density at radius 3 is 2.47 bits per heavy atom. The molecule has 0 aromatic carbocycles. The third-order valence-electron chi connectivity index (χ3n) is 2.41. The molecule has 7 heteroatoms. The average Bonchev–Trinajstić information content (AvgIpc) is 2.74. The topological polar surface area (TPSA) is 95.5 Å². The van der Waals surface area contributed by atoms with Gasteiger partial charge in [0.05, 0.1) is 11.4 Å². The average molecular weight is 284 g/mol. The highest BCUT2D eigenvalue weighted by atomic mass is 32.1. The quantitative estimate of drug-likeness (QED) is 0.711. The van der Waals surface area contributed by atoms with Gasteiger partial charge in [0.1, 0.15) is 6.54 Å². The maximum Gasteiger partial charge on any atom is 0.322 e. The van der Waals surface area contributed by atoms with Crippen LogP contribution in [0, 0.1) is 6.92 Å². The molecule has 1 rings (SSSR count). The van der Waals surface area contributed by atoms with Gasteiger partial charge in [-0.3, -0.25) is 14.4 Å². The number of carbonyl (C=O) groups is 3. The van der Waals surface area contributed by atoms with Gasteiger partial charge in [-0.05, 0) is 25.0 Å². The Morgan fingerprint density at radius 1 is 1.26 bits per heavy atom. The summed E-state index contributed by atoms with van der Waals surface area (Å²) in [6.45, 7) is 3.27. The molecule has 0 fully saturated rings. The van der Waals surface area contributed by atoms with Gasteiger partial charge in [0.25, 0.3) is 5.91 Å². The van der Waals surface area contributed by atoms with E-state index in [1.54, 1.807) is 6.07 Å². The summed E-state index contributed by atoms with van der Waals surface area (Å²) in [6.07, 6.45) is 0.864. The van der Waals surface area contributed by atoms with Crippen molar-refractivity contribution in [3.05, 3.63) is 21.4 Å². The molecule has 6 nitrogen and oxygen atoms in total. The summed E-state index contributed by atoms with van der Waals surface area (Å²) in [5.41, 5.74) is 1.06. The number of hydrogen-bond donors (Lipinski definition) is 3. The molecule has 19 heavy (non-hydrogen) atoms. The van der Waals surface area contributed by atoms with Gasteiger partial charge in [0, 0.05) is 4.88 Å². The Morgan fingerprint density at radius 2 is 1.95 bits per heavy atom. The Labute approximate surface area is 114 Å². The van der Waals surface area contributed by atoms with Crippen LogP contribution in [0.4, 0.5) is 0 Å². The molecule has 1 heterocycles. The Hall–Kier alpha value is -1.89. The van der Waals surface area contributed by atoms with Crippen molar-refractivity contribution in [1.82, 2.24) is 10.6 Å². The largest absolute Gasteiger partial charge is 0.480 e. The molecule has 0 bridgehead atoms. The monoisotopic (exact) mass is 284 g/mol. The SMILES string of the molecule is CCc1sc(C(=O)NCC(=O)NCC(=O)O)cc1C. The normalized spacial score (nSPS) is 10.0. The van der Waals surface area contributed by atoms with E-state index in [1.807, 2.05) is 13.8 Å². The predicted octanol–water partition coefficient (Wildman–Crippen LogP) is 0.550. The van der Waals surface area contributed by atoms with E-state index >= 15 is 0 Å². The van der Waals surface area contributed by atoms with E-state index in [2.05, 4.69) is 10.6 Å². The van der Waals surface area contributed by atoms with Gasteiger partial charge >= 0.3 is 5.97 Å². The molecule has 0 aliphatic heterocycles. The summed E-state index contributed by atoms with van der Waals surface area (Å²) < 4.78 is 0. The minimum absolute atomic E-state index is 0.232. The van der Waals surface area contributed by atoms with E-state index in [4.69, 9.17) is 5.11 Å². The lowest BCUT2D eigenvalue weighted by Gasteiger charge is -2.03. The van der Waals surface area contributed by atoms with Crippen molar-refractivity contribution in [2.75, 3.05) is 13.1 Å². The molecule has 2 amide bonds. The number of rotatable bonds is 6. The Balaban J connectivity index is 2.46. The van der Waals surface area contributed by atoms with E-state index in [-0.39, 0.29) is 12.5 Å². The molecule has 0 aliphatic rings. The highest BCUT2D eigenvalue weighted by Crippen LogP contribution is 2.21. The fourth-order valence-electron chi connectivity index (χ4n) is 1.47. The van der Waals surface area contributed by atoms with Gasteiger partial charge < -0.3 is 15.7 Å². The maximum atomic E-state index is 11.8. The lowest BCUT2D eigenvalue weighted by atomic mass is 10.2. The maximum absolute atomic E-state index is 11.8. The van der Waals surface area contributed by atoms with Crippen molar-refractivity contribution < 1.29 is 19.5 Å². The van der Waals surface area contributed by atoms with Crippen LogP contribution in [0.2, 0.25) is 0 Å². The third-order valence-corrected chi connectivity index (χ3v) is 3.79. The highest BCUT2D eigenvalue weighted by molar-refractivity contribution is 7.14. The predicted molar refractivity (Wildman–Crippen MR) is 71.4 cm³/mol. The van der Waals surface area contributed by atoms with E-state index in [9.17, 15) is 14.4 Å². The Bertz CT molecular complexity index is 496. The lowest BCUT2D eigenvalue weighted by molar-refractivity contribution is -0.137. The molecule has 0 atom stereocenters. The lowest BCUT2D eigenvalue weighted by Crippen LogP contribution is -2.38. The number of thiophene rings is 1. The third kappa shape index (κ3) is 4.70. The van der Waals surface area contributed by atoms with Crippen LogP contribution in [-0.2, 0) is 16.0 Å². The van der Waals surface area contributed by atoms with Crippen LogP contribution >= 0.6 is 11.3 Å². The fraction of sp³-hybridized carbons (Fsp3) is 0.417. The van der Waals surface area contributed by atoms with Crippen LogP contribution in [0.5, 0.6) is 0 Å². The minimum Gasteiger partial charge on any atom is -0.480 e. The number of carboxylic acids is 1. The molecule has 0 unspecified atom stereocenters. The first kappa shape index (κ1) is 15.2. The van der Waals surface area contributed by atoms with Gasteiger partial charge in [-0.2, -0.15) is 0 Å². The molecule has 0 spiro atoms. The van der Waals surface area contributed by atoms with Crippen molar-refractivity contribution in [2.45, 2.75) is 20.3 Å². The van der Waals surface area contributed by atoms with Crippen molar-refractivity contribution in [3.63, 3.8) is 0 Å². The van der Waals surface area contributed by atoms with Crippen LogP contribution in [-0.4, -0.2) is 36.0 Å². The van der Waals surface area contributed by atoms with Crippen molar-refractivity contribution >= 4 is 29.1 Å². The zero-order valence-corrected chi connectivity index (χ0v) is 11.6. The molecule has 0 aliphatic carbocycles. The van der Waals surface area contributed by atoms with Gasteiger partial charge in [0.2, 0.25) is 5.91 Å². The van der Waals surface area contributed by atoms with Crippen LogP contribution in [0.1, 0.15) is 27.0 Å². The van der Waals surface area contributed by atoms with Crippen molar-refractivity contribution in [1.29, 1.82) is 0 Å². The second-order valence-corrected chi connectivity index (χ2v) is 5.06. The molecular weight excluding hydrogens is 268 g/mol. The van der Waals surface area contributed by atoms with E-state index in [1.165, 1.54) is 11.3 Å². The standard InChI is InChI=1S/C12H16N2O4S/c1-3-8-7(2)4-9(19-8)12(18)14-5-10(15)13-6-11(16)17/h4H,3,5-6H2,1-2H3,(H,13,15)(H,14,18)(H,16,17). The second kappa shape index (κ2) is 6.89. The van der Waals surface area contributed by atoms with Gasteiger partial charge in [0.15, 0.2) is 0 Å². The molecule has 104 valence electrons. The number of carbonyl (C=O) groups excluding carboxylic acids is 2. The molecule has 1 aromatic rings. The summed E-state index contributed by atoms with van der Waals surface area (Å²) in [5, 5.41) is 13.0. The zero-order chi connectivity index (χ0) is 14.4. The second-order valence-electron chi connectivity index (χ2n) is 3.92. The number of nitrogens with one attached hydrogen (secondary N) is 2. The van der Waals surface area contributed by atoms with Crippen LogP contribution < -0.4 is 10.6 Å². The number of hydrogen-bond acceptors (Lipinski definition) is 4. The molecule has 0 saturated heterocycles. The summed E-state index contributed by atoms with van der Waals surface area (Å²) >= 11 is 1.40. The Kier molecular flexibility index (Phi) is 5.50. The first-order valence-corrected chi connectivity index (χ1v) is 6.61. The minimum atomic E-state index is -1.12. The van der Waals surface area contributed by atoms with Gasteiger partial charge in [-0.25, -0.2) is 0 Å². The van der Waals surface area contributed by atoms with Crippen molar-refractivity contribution in [3.8, 4) is 0 Å². The molecule has 3 N–H and O–H groups in total. The fourth-order valence-corrected chi connectivity index (χ4v) is 2.50. The molecule has 1 aromatic heterocycles. The van der Waals surface area contributed by atoms with Gasteiger partial charge in [-0.15, -0.1) is 11.3 Å². The smallest absolute Gasteiger partial charge is 0.322 e. The summed E-state index contributed by atoms with van der Waals surface area (Å²) in [7, 11) is 0. The number of amides is 2.